The lowest BCUT2D eigenvalue weighted by atomic mass is 9.70. The average molecular weight is 618 g/mol. The van der Waals surface area contributed by atoms with Crippen molar-refractivity contribution < 1.29 is 29.0 Å². The molecule has 8 nitrogen and oxygen atoms in total. The number of carbonyl (C=O) groups excluding carboxylic acids is 3. The molecule has 1 spiro atoms. The molecule has 3 unspecified atom stereocenters. The lowest BCUT2D eigenvalue weighted by Crippen LogP contribution is -2.60. The van der Waals surface area contributed by atoms with E-state index < -0.39 is 41.6 Å². The first-order chi connectivity index (χ1) is 19.1. The van der Waals surface area contributed by atoms with Gasteiger partial charge in [-0.1, -0.05) is 66.5 Å². The minimum Gasteiger partial charge on any atom is -0.465 e. The number of alkyl halides is 1. The summed E-state index contributed by atoms with van der Waals surface area (Å²) in [5, 5.41) is 10.6. The Balaban J connectivity index is 1.86. The number of anilines is 1. The third-order valence-corrected chi connectivity index (χ3v) is 9.78. The number of rotatable bonds is 12. The Hall–Kier alpha value is -2.49. The number of halogens is 1. The molecule has 3 aliphatic heterocycles. The first kappa shape index (κ1) is 30.5. The summed E-state index contributed by atoms with van der Waals surface area (Å²) < 4.78 is 12.2. The summed E-state index contributed by atoms with van der Waals surface area (Å²) in [5.41, 5.74) is 1.34. The predicted molar refractivity (Wildman–Crippen MR) is 157 cm³/mol. The van der Waals surface area contributed by atoms with E-state index in [0.717, 1.165) is 16.8 Å². The molecule has 2 amide bonds. The van der Waals surface area contributed by atoms with Crippen LogP contribution < -0.4 is 4.90 Å². The zero-order chi connectivity index (χ0) is 29.4. The van der Waals surface area contributed by atoms with E-state index in [0.29, 0.717) is 19.3 Å². The van der Waals surface area contributed by atoms with Crippen LogP contribution in [0.4, 0.5) is 5.69 Å². The quantitative estimate of drug-likeness (QED) is 0.164. The Bertz CT molecular complexity index is 1150. The second-order valence-electron chi connectivity index (χ2n) is 11.3. The molecular weight excluding hydrogens is 576 g/mol. The summed E-state index contributed by atoms with van der Waals surface area (Å²) in [6.45, 7) is 15.5. The number of benzene rings is 1. The highest BCUT2D eigenvalue weighted by Gasteiger charge is 2.77. The van der Waals surface area contributed by atoms with Gasteiger partial charge in [-0.15, -0.1) is 13.2 Å². The highest BCUT2D eigenvalue weighted by Crippen LogP contribution is 2.61. The molecule has 218 valence electrons. The number of aliphatic hydroxyl groups excluding tert-OH is 1. The Morgan fingerprint density at radius 3 is 2.55 bits per heavy atom. The zero-order valence-electron chi connectivity index (χ0n) is 23.8. The van der Waals surface area contributed by atoms with Gasteiger partial charge in [-0.2, -0.15) is 0 Å². The maximum Gasteiger partial charge on any atom is 0.312 e. The van der Waals surface area contributed by atoms with Crippen molar-refractivity contribution in [1.82, 2.24) is 4.90 Å². The van der Waals surface area contributed by atoms with Crippen LogP contribution in [0.1, 0.15) is 44.2 Å². The van der Waals surface area contributed by atoms with Crippen molar-refractivity contribution in [3.63, 3.8) is 0 Å². The fraction of sp³-hybridized carbons (Fsp3) is 0.581. The van der Waals surface area contributed by atoms with Gasteiger partial charge in [0.25, 0.3) is 5.91 Å². The van der Waals surface area contributed by atoms with Gasteiger partial charge in [-0.05, 0) is 43.7 Å². The molecule has 0 radical (unpaired) electrons. The number of ether oxygens (including phenoxy) is 2. The van der Waals surface area contributed by atoms with Gasteiger partial charge in [0.1, 0.15) is 11.6 Å². The van der Waals surface area contributed by atoms with Crippen LogP contribution in [0.2, 0.25) is 0 Å². The van der Waals surface area contributed by atoms with Crippen molar-refractivity contribution in [3.05, 3.63) is 54.6 Å². The van der Waals surface area contributed by atoms with Crippen LogP contribution in [0.5, 0.6) is 0 Å². The normalized spacial score (nSPS) is 30.1. The first-order valence-corrected chi connectivity index (χ1v) is 15.0. The van der Waals surface area contributed by atoms with Gasteiger partial charge in [0.15, 0.2) is 0 Å². The summed E-state index contributed by atoms with van der Waals surface area (Å²) >= 11 is 3.70. The molecule has 3 fully saturated rings. The number of likely N-dealkylation sites (tertiary alicyclic amines) is 1. The van der Waals surface area contributed by atoms with E-state index in [1.54, 1.807) is 17.1 Å². The summed E-state index contributed by atoms with van der Waals surface area (Å²) in [6.07, 6.45) is 4.29. The molecule has 0 aromatic heterocycles. The van der Waals surface area contributed by atoms with Gasteiger partial charge in [-0.25, -0.2) is 0 Å². The molecule has 1 aromatic rings. The number of aryl methyl sites for hydroxylation is 2. The standard InChI is InChI=1S/C31H41BrN2O6/c1-7-10-15-39-30(38)23-24-28(36)34(22(17-35)18(4)9-3)27(31(24)16-21(32)26(23)40-31)29(37)33(14-8-2)25-19(5)12-11-13-20(25)6/h7-8,11-13,18,21-24,26-27,35H,1-2,9-10,14-17H2,3-6H3/t18-,21?,22-,23+,24-,26+,27?,31?/m0/s1. The van der Waals surface area contributed by atoms with Crippen molar-refractivity contribution in [2.45, 2.75) is 75.6 Å². The van der Waals surface area contributed by atoms with Crippen molar-refractivity contribution in [2.24, 2.45) is 17.8 Å². The van der Waals surface area contributed by atoms with Gasteiger partial charge in [0, 0.05) is 17.1 Å². The Labute approximate surface area is 245 Å². The highest BCUT2D eigenvalue weighted by atomic mass is 79.9. The fourth-order valence-corrected chi connectivity index (χ4v) is 7.87. The number of hydrogen-bond donors (Lipinski definition) is 1. The van der Waals surface area contributed by atoms with Gasteiger partial charge in [0.2, 0.25) is 5.91 Å². The number of nitrogens with zero attached hydrogens (tertiary/aromatic N) is 2. The molecule has 0 saturated carbocycles. The van der Waals surface area contributed by atoms with Gasteiger partial charge in [-0.3, -0.25) is 14.4 Å². The SMILES string of the molecule is C=CCCOC(=O)[C@H]1[C@@H]2OC3(CC2Br)C(C(=O)N(CC=C)c2c(C)cccc2C)N([C@@H](CO)[C@@H](C)CC)C(=O)[C@H]13. The maximum atomic E-state index is 14.8. The molecule has 0 aliphatic carbocycles. The second-order valence-corrected chi connectivity index (χ2v) is 12.4. The monoisotopic (exact) mass is 616 g/mol. The Kier molecular flexibility index (Phi) is 9.27. The second kappa shape index (κ2) is 12.2. The van der Waals surface area contributed by atoms with Gasteiger partial charge >= 0.3 is 5.97 Å². The molecule has 4 rings (SSSR count). The van der Waals surface area contributed by atoms with Crippen molar-refractivity contribution in [2.75, 3.05) is 24.7 Å². The van der Waals surface area contributed by atoms with Crippen LogP contribution in [0, 0.1) is 31.6 Å². The molecule has 3 saturated heterocycles. The van der Waals surface area contributed by atoms with Crippen LogP contribution in [0.3, 0.4) is 0 Å². The minimum atomic E-state index is -1.24. The van der Waals surface area contributed by atoms with Crippen molar-refractivity contribution in [1.29, 1.82) is 0 Å². The van der Waals surface area contributed by atoms with Crippen LogP contribution in [-0.2, 0) is 23.9 Å². The fourth-order valence-electron chi connectivity index (χ4n) is 6.93. The van der Waals surface area contributed by atoms with E-state index in [4.69, 9.17) is 9.47 Å². The third-order valence-electron chi connectivity index (χ3n) is 8.93. The van der Waals surface area contributed by atoms with Crippen LogP contribution in [0.25, 0.3) is 0 Å². The Morgan fingerprint density at radius 2 is 1.98 bits per heavy atom. The molecule has 3 heterocycles. The molecular formula is C31H41BrN2O6. The van der Waals surface area contributed by atoms with Crippen molar-refractivity contribution >= 4 is 39.4 Å². The van der Waals surface area contributed by atoms with Crippen LogP contribution in [-0.4, -0.2) is 76.2 Å². The lowest BCUT2D eigenvalue weighted by Gasteiger charge is -2.41. The molecule has 1 aromatic carbocycles. The predicted octanol–water partition coefficient (Wildman–Crippen LogP) is 4.10. The van der Waals surface area contributed by atoms with Crippen LogP contribution in [0.15, 0.2) is 43.5 Å². The number of hydrogen-bond acceptors (Lipinski definition) is 6. The summed E-state index contributed by atoms with van der Waals surface area (Å²) in [4.78, 5) is 45.6. The summed E-state index contributed by atoms with van der Waals surface area (Å²) in [7, 11) is 0. The number of carbonyl (C=O) groups is 3. The molecule has 9 heteroatoms. The largest absolute Gasteiger partial charge is 0.465 e. The topological polar surface area (TPSA) is 96.4 Å². The van der Waals surface area contributed by atoms with E-state index in [9.17, 15) is 19.5 Å². The maximum absolute atomic E-state index is 14.8. The summed E-state index contributed by atoms with van der Waals surface area (Å²) in [5.74, 6) is -3.01. The molecule has 8 atom stereocenters. The van der Waals surface area contributed by atoms with E-state index in [-0.39, 0.29) is 42.3 Å². The van der Waals surface area contributed by atoms with Crippen molar-refractivity contribution in [3.8, 4) is 0 Å². The Morgan fingerprint density at radius 1 is 1.30 bits per heavy atom. The molecule has 40 heavy (non-hydrogen) atoms. The molecule has 1 N–H and O–H groups in total. The van der Waals surface area contributed by atoms with E-state index in [2.05, 4.69) is 29.1 Å². The van der Waals surface area contributed by atoms with E-state index >= 15 is 0 Å². The number of fused-ring (bicyclic) bond motifs is 1. The third kappa shape index (κ3) is 4.84. The minimum absolute atomic E-state index is 0.0949. The van der Waals surface area contributed by atoms with E-state index in [1.807, 2.05) is 45.9 Å². The highest BCUT2D eigenvalue weighted by molar-refractivity contribution is 9.09. The van der Waals surface area contributed by atoms with Gasteiger partial charge < -0.3 is 24.4 Å². The smallest absolute Gasteiger partial charge is 0.312 e. The molecule has 3 aliphatic rings. The van der Waals surface area contributed by atoms with Gasteiger partial charge in [0.05, 0.1) is 37.2 Å². The van der Waals surface area contributed by atoms with E-state index in [1.165, 1.54) is 4.90 Å². The number of aliphatic hydroxyl groups is 1. The summed E-state index contributed by atoms with van der Waals surface area (Å²) in [6, 6.07) is 4.17. The first-order valence-electron chi connectivity index (χ1n) is 14.1. The van der Waals surface area contributed by atoms with Crippen LogP contribution >= 0.6 is 15.9 Å². The average Bonchev–Trinajstić information content (AvgIpc) is 3.51. The molecule has 2 bridgehead atoms. The zero-order valence-corrected chi connectivity index (χ0v) is 25.4. The number of amides is 2. The number of esters is 1. The number of para-hydroxylation sites is 1. The lowest BCUT2D eigenvalue weighted by molar-refractivity contribution is -0.156.